The van der Waals surface area contributed by atoms with Crippen LogP contribution in [0.4, 0.5) is 5.69 Å². The summed E-state index contributed by atoms with van der Waals surface area (Å²) in [7, 11) is -13.3. The van der Waals surface area contributed by atoms with Gasteiger partial charge in [-0.1, -0.05) is 8.57 Å². The normalized spacial score (nSPS) is 13.9. The van der Waals surface area contributed by atoms with Crippen LogP contribution in [0.3, 0.4) is 0 Å². The molecule has 3 aromatic carbocycles. The first-order chi connectivity index (χ1) is 16.8. The summed E-state index contributed by atoms with van der Waals surface area (Å²) in [4.78, 5) is -1.39. The molecular weight excluding hydrogens is 538 g/mol. The zero-order valence-electron chi connectivity index (χ0n) is 18.1. The molecular formula is C20H19N3O10S3+4. The minimum absolute atomic E-state index is 0.00474. The van der Waals surface area contributed by atoms with E-state index in [-0.39, 0.29) is 27.1 Å². The van der Waals surface area contributed by atoms with Crippen molar-refractivity contribution < 1.29 is 55.8 Å². The lowest BCUT2D eigenvalue weighted by Gasteiger charge is -2.14. The van der Waals surface area contributed by atoms with Gasteiger partial charge in [0.05, 0.1) is 17.8 Å². The Morgan fingerprint density at radius 3 is 2.17 bits per heavy atom. The van der Waals surface area contributed by atoms with Gasteiger partial charge in [0, 0.05) is 22.9 Å². The van der Waals surface area contributed by atoms with Crippen LogP contribution in [0.25, 0.3) is 10.8 Å². The summed E-state index contributed by atoms with van der Waals surface area (Å²) in [6, 6.07) is 7.77. The second kappa shape index (κ2) is 8.86. The number of phenols is 1. The third-order valence-corrected chi connectivity index (χ3v) is 8.94. The number of nitrogens with one attached hydrogen (secondary N) is 1. The van der Waals surface area contributed by atoms with Gasteiger partial charge in [-0.05, 0) is 18.2 Å². The second-order valence-corrected chi connectivity index (χ2v) is 12.3. The third kappa shape index (κ3) is 4.53. The highest BCUT2D eigenvalue weighted by Crippen LogP contribution is 2.39. The van der Waals surface area contributed by atoms with Gasteiger partial charge in [-0.25, -0.2) is 8.42 Å². The Morgan fingerprint density at radius 2 is 1.50 bits per heavy atom. The van der Waals surface area contributed by atoms with E-state index in [2.05, 4.69) is 25.1 Å². The first-order valence-electron chi connectivity index (χ1n) is 9.72. The molecule has 0 spiro atoms. The van der Waals surface area contributed by atoms with Gasteiger partial charge >= 0.3 is 20.2 Å². The Labute approximate surface area is 205 Å². The highest BCUT2D eigenvalue weighted by Gasteiger charge is 2.31. The number of fused-ring (bicyclic) bond motifs is 2. The largest absolute Gasteiger partial charge is 0.507 e. The van der Waals surface area contributed by atoms with E-state index in [0.717, 1.165) is 24.3 Å². The molecule has 0 heterocycles. The van der Waals surface area contributed by atoms with Crippen LogP contribution in [0.2, 0.25) is 0 Å². The van der Waals surface area contributed by atoms with Gasteiger partial charge in [0.1, 0.15) is 28.0 Å². The number of aliphatic hydroxyl groups excluding tert-OH is 1. The van der Waals surface area contributed by atoms with Crippen molar-refractivity contribution in [2.75, 3.05) is 4.72 Å². The van der Waals surface area contributed by atoms with Crippen molar-refractivity contribution in [2.24, 2.45) is 0 Å². The van der Waals surface area contributed by atoms with Crippen LogP contribution < -0.4 is 16.5 Å². The molecule has 0 fully saturated rings. The molecule has 3 aromatic rings. The quantitative estimate of drug-likeness (QED) is 0.187. The van der Waals surface area contributed by atoms with Gasteiger partial charge in [-0.3, -0.25) is 4.72 Å². The molecule has 0 radical (unpaired) electrons. The number of benzene rings is 3. The lowest BCUT2D eigenvalue weighted by Crippen LogP contribution is -2.51. The second-order valence-electron chi connectivity index (χ2n) is 7.42. The smallest absolute Gasteiger partial charge is 0.343 e. The van der Waals surface area contributed by atoms with Crippen molar-refractivity contribution in [1.29, 1.82) is 0 Å². The van der Waals surface area contributed by atoms with Gasteiger partial charge in [0.25, 0.3) is 15.8 Å². The van der Waals surface area contributed by atoms with Gasteiger partial charge in [-0.2, -0.15) is 28.6 Å². The Morgan fingerprint density at radius 1 is 0.806 bits per heavy atom. The van der Waals surface area contributed by atoms with Crippen LogP contribution in [0.15, 0.2) is 69.0 Å². The van der Waals surface area contributed by atoms with E-state index in [9.17, 15) is 35.5 Å². The zero-order valence-corrected chi connectivity index (χ0v) is 20.5. The molecule has 36 heavy (non-hydrogen) atoms. The summed E-state index contributed by atoms with van der Waals surface area (Å²) in [6.07, 6.45) is 4.37. The number of rotatable bonds is 7. The average molecular weight is 558 g/mol. The highest BCUT2D eigenvalue weighted by atomic mass is 32.2. The van der Waals surface area contributed by atoms with Crippen LogP contribution in [0.5, 0.6) is 5.75 Å². The molecule has 1 aliphatic rings. The highest BCUT2D eigenvalue weighted by molar-refractivity contribution is 7.92. The molecule has 0 unspecified atom stereocenters. The van der Waals surface area contributed by atoms with Crippen molar-refractivity contribution in [1.82, 2.24) is 0 Å². The summed E-state index contributed by atoms with van der Waals surface area (Å²) in [6.45, 7) is 0. The number of hydrogen-bond acceptors (Lipinski definition) is 10. The maximum atomic E-state index is 13.2. The fraction of sp³-hybridized carbons (Fsp3) is 0. The van der Waals surface area contributed by atoms with Gasteiger partial charge in [0.15, 0.2) is 22.4 Å². The predicted molar refractivity (Wildman–Crippen MR) is 123 cm³/mol. The number of hydrogen-bond donors (Lipinski definition) is 5. The lowest BCUT2D eigenvalue weighted by atomic mass is 9.96. The molecule has 0 saturated carbocycles. The Kier molecular flexibility index (Phi) is 6.29. The van der Waals surface area contributed by atoms with E-state index in [1.165, 1.54) is 37.1 Å². The van der Waals surface area contributed by atoms with E-state index < -0.39 is 45.8 Å². The number of anilines is 1. The Balaban J connectivity index is 1.89. The number of phenolic OH excluding ortho intramolecular Hbond substituents is 1. The molecule has 13 nitrogen and oxygen atoms in total. The standard InChI is InChI=1S/C20H17N3O10S3/c21-32-35(28,29)15-9-16-19(36(30,31)33-22)6-5-17(20(16)18(25)10-15)23-34(26,27)14-4-2-11-7-13(24)3-1-12(11)8-14/h1-10,23H,21-22H3/q+2/p+2. The molecule has 188 valence electrons. The summed E-state index contributed by atoms with van der Waals surface area (Å²) in [5, 5.41) is 19.5. The Hall–Kier alpha value is -3.51. The van der Waals surface area contributed by atoms with Crippen LogP contribution in [-0.2, 0) is 38.8 Å². The van der Waals surface area contributed by atoms with Crippen molar-refractivity contribution in [2.45, 2.75) is 14.7 Å². The minimum atomic E-state index is -4.52. The van der Waals surface area contributed by atoms with Gasteiger partial charge in [0.2, 0.25) is 0 Å². The van der Waals surface area contributed by atoms with Crippen molar-refractivity contribution in [3.63, 3.8) is 0 Å². The summed E-state index contributed by atoms with van der Waals surface area (Å²) < 4.78 is 86.1. The van der Waals surface area contributed by atoms with Crippen LogP contribution >= 0.6 is 0 Å². The number of aliphatic hydroxyl groups is 1. The molecule has 0 amide bonds. The van der Waals surface area contributed by atoms with Crippen molar-refractivity contribution >= 4 is 46.7 Å². The molecule has 9 N–H and O–H groups in total. The maximum absolute atomic E-state index is 13.2. The monoisotopic (exact) mass is 557 g/mol. The number of allylic oxidation sites excluding steroid dienone is 2. The first kappa shape index (κ1) is 25.6. The van der Waals surface area contributed by atoms with Gasteiger partial charge in [-0.15, -0.1) is 0 Å². The fourth-order valence-corrected chi connectivity index (χ4v) is 6.12. The molecule has 1 aliphatic carbocycles. The Bertz CT molecular complexity index is 1750. The maximum Gasteiger partial charge on any atom is 0.343 e. The number of quaternary nitrogens is 2. The third-order valence-electron chi connectivity index (χ3n) is 5.25. The molecule has 0 saturated heterocycles. The lowest BCUT2D eigenvalue weighted by molar-refractivity contribution is -0.635. The molecule has 0 aromatic heterocycles. The van der Waals surface area contributed by atoms with E-state index >= 15 is 0 Å². The SMILES string of the molecule is [NH3+]OS(=O)(=O)c1cc(O)c2c(NS(=O)(=O)c3ccc4c(c3)[CH+]C=C(O)[CH+]4)ccc(S(=O)(=O)O[NH3+])c2c1. The molecule has 0 bridgehead atoms. The predicted octanol–water partition coefficient (Wildman–Crippen LogP) is -0.369. The molecule has 4 rings (SSSR count). The van der Waals surface area contributed by atoms with E-state index in [1.807, 2.05) is 0 Å². The van der Waals surface area contributed by atoms with E-state index in [0.29, 0.717) is 11.1 Å². The topological polar surface area (TPSA) is 229 Å². The summed E-state index contributed by atoms with van der Waals surface area (Å²) in [5.41, 5.74) is 0.845. The van der Waals surface area contributed by atoms with E-state index in [4.69, 9.17) is 0 Å². The van der Waals surface area contributed by atoms with Gasteiger partial charge < -0.3 is 10.2 Å². The zero-order chi connectivity index (χ0) is 26.5. The van der Waals surface area contributed by atoms with Crippen molar-refractivity contribution in [3.8, 4) is 5.75 Å². The molecule has 0 aliphatic heterocycles. The average Bonchev–Trinajstić information content (AvgIpc) is 2.83. The molecule has 16 heteroatoms. The number of aromatic hydroxyl groups is 1. The number of sulfonamides is 1. The molecule has 0 atom stereocenters. The van der Waals surface area contributed by atoms with Crippen molar-refractivity contribution in [3.05, 3.63) is 78.3 Å². The van der Waals surface area contributed by atoms with E-state index in [1.54, 1.807) is 0 Å². The fourth-order valence-electron chi connectivity index (χ4n) is 3.57. The van der Waals surface area contributed by atoms with Crippen LogP contribution in [0, 0.1) is 12.8 Å². The summed E-state index contributed by atoms with van der Waals surface area (Å²) in [5.74, 6) is 4.94. The first-order valence-corrected chi connectivity index (χ1v) is 14.0. The van der Waals surface area contributed by atoms with Crippen LogP contribution in [-0.4, -0.2) is 35.5 Å². The minimum Gasteiger partial charge on any atom is -0.507 e. The summed E-state index contributed by atoms with van der Waals surface area (Å²) >= 11 is 0. The van der Waals surface area contributed by atoms with Crippen LogP contribution in [0.1, 0.15) is 11.1 Å².